The Kier molecular flexibility index (Phi) is 6.63. The van der Waals surface area contributed by atoms with Gasteiger partial charge < -0.3 is 14.6 Å². The monoisotopic (exact) mass is 450 g/mol. The number of ether oxygens (including phenoxy) is 1. The lowest BCUT2D eigenvalue weighted by Crippen LogP contribution is -2.34. The maximum atomic E-state index is 13.8. The summed E-state index contributed by atoms with van der Waals surface area (Å²) >= 11 is 0. The molecule has 0 aliphatic carbocycles. The summed E-state index contributed by atoms with van der Waals surface area (Å²) in [6, 6.07) is 14.6. The molecule has 1 amide bonds. The number of carbonyl (C=O) groups excluding carboxylic acids is 1. The number of halogens is 2. The molecule has 8 heteroatoms. The number of nitrogens with one attached hydrogen (secondary N) is 1. The highest BCUT2D eigenvalue weighted by Gasteiger charge is 2.26. The van der Waals surface area contributed by atoms with Crippen LogP contribution in [0.4, 0.5) is 8.78 Å². The van der Waals surface area contributed by atoms with E-state index in [2.05, 4.69) is 15.3 Å². The lowest BCUT2D eigenvalue weighted by atomic mass is 10.0. The molecule has 0 saturated heterocycles. The average Bonchev–Trinajstić information content (AvgIpc) is 3.20. The number of hydrogen-bond acceptors (Lipinski definition) is 4. The Labute approximate surface area is 190 Å². The molecule has 0 aliphatic rings. The third kappa shape index (κ3) is 5.16. The summed E-state index contributed by atoms with van der Waals surface area (Å²) in [5.41, 5.74) is 2.41. The number of hydrogen-bond donors (Lipinski definition) is 1. The third-order valence-corrected chi connectivity index (χ3v) is 5.32. The molecule has 0 aliphatic heterocycles. The molecule has 2 heterocycles. The molecule has 33 heavy (non-hydrogen) atoms. The van der Waals surface area contributed by atoms with E-state index in [0.29, 0.717) is 29.9 Å². The standard InChI is InChI=1S/C25H24F2N4O2/c1-16(2)24(31-15-30-22-11-20(26)21(27)12-23(22)31)25(32)29-13-17-6-8-19(9-7-17)33-14-18-5-3-4-10-28-18/h3-12,15-16,24H,13-14H2,1-2H3,(H,29,32). The molecule has 2 aromatic carbocycles. The minimum Gasteiger partial charge on any atom is -0.487 e. The van der Waals surface area contributed by atoms with Gasteiger partial charge in [-0.15, -0.1) is 0 Å². The summed E-state index contributed by atoms with van der Waals surface area (Å²) in [5.74, 6) is -1.57. The van der Waals surface area contributed by atoms with Crippen LogP contribution in [0.1, 0.15) is 31.1 Å². The zero-order valence-electron chi connectivity index (χ0n) is 18.3. The van der Waals surface area contributed by atoms with Gasteiger partial charge in [0, 0.05) is 24.9 Å². The number of benzene rings is 2. The van der Waals surface area contributed by atoms with Crippen molar-refractivity contribution in [2.24, 2.45) is 5.92 Å². The first kappa shape index (κ1) is 22.4. The van der Waals surface area contributed by atoms with Crippen molar-refractivity contribution < 1.29 is 18.3 Å². The van der Waals surface area contributed by atoms with Gasteiger partial charge in [0.1, 0.15) is 18.4 Å². The van der Waals surface area contributed by atoms with Crippen LogP contribution in [-0.2, 0) is 17.9 Å². The van der Waals surface area contributed by atoms with Crippen molar-refractivity contribution >= 4 is 16.9 Å². The maximum absolute atomic E-state index is 13.8. The Morgan fingerprint density at radius 3 is 2.52 bits per heavy atom. The molecule has 1 N–H and O–H groups in total. The number of rotatable bonds is 8. The fourth-order valence-corrected chi connectivity index (χ4v) is 3.63. The molecular weight excluding hydrogens is 426 g/mol. The van der Waals surface area contributed by atoms with Crippen molar-refractivity contribution in [2.75, 3.05) is 0 Å². The van der Waals surface area contributed by atoms with E-state index in [1.807, 2.05) is 56.3 Å². The van der Waals surface area contributed by atoms with Gasteiger partial charge in [0.05, 0.1) is 23.1 Å². The molecular formula is C25H24F2N4O2. The Morgan fingerprint density at radius 2 is 1.82 bits per heavy atom. The predicted molar refractivity (Wildman–Crippen MR) is 120 cm³/mol. The first-order valence-electron chi connectivity index (χ1n) is 10.6. The number of imidazole rings is 1. The molecule has 1 atom stereocenters. The van der Waals surface area contributed by atoms with Crippen LogP contribution in [0.2, 0.25) is 0 Å². The van der Waals surface area contributed by atoms with E-state index < -0.39 is 17.7 Å². The molecule has 170 valence electrons. The van der Waals surface area contributed by atoms with Crippen LogP contribution < -0.4 is 10.1 Å². The number of nitrogens with zero attached hydrogens (tertiary/aromatic N) is 3. The van der Waals surface area contributed by atoms with Crippen molar-refractivity contribution in [2.45, 2.75) is 33.0 Å². The van der Waals surface area contributed by atoms with Crippen molar-refractivity contribution in [3.63, 3.8) is 0 Å². The van der Waals surface area contributed by atoms with E-state index in [1.165, 1.54) is 6.33 Å². The zero-order chi connectivity index (χ0) is 23.4. The van der Waals surface area contributed by atoms with Crippen molar-refractivity contribution in [1.29, 1.82) is 0 Å². The number of carbonyl (C=O) groups is 1. The lowest BCUT2D eigenvalue weighted by molar-refractivity contribution is -0.125. The normalized spacial score (nSPS) is 12.2. The van der Waals surface area contributed by atoms with Crippen LogP contribution in [0.3, 0.4) is 0 Å². The van der Waals surface area contributed by atoms with Gasteiger partial charge in [-0.2, -0.15) is 0 Å². The second kappa shape index (κ2) is 9.77. The number of pyridine rings is 1. The summed E-state index contributed by atoms with van der Waals surface area (Å²) < 4.78 is 34.6. The summed E-state index contributed by atoms with van der Waals surface area (Å²) in [6.45, 7) is 4.47. The SMILES string of the molecule is CC(C)C(C(=O)NCc1ccc(OCc2ccccn2)cc1)n1cnc2cc(F)c(F)cc21. The molecule has 2 aromatic heterocycles. The molecule has 4 aromatic rings. The lowest BCUT2D eigenvalue weighted by Gasteiger charge is -2.22. The van der Waals surface area contributed by atoms with Gasteiger partial charge in [-0.25, -0.2) is 13.8 Å². The quantitative estimate of drug-likeness (QED) is 0.419. The van der Waals surface area contributed by atoms with Gasteiger partial charge in [-0.1, -0.05) is 32.0 Å². The van der Waals surface area contributed by atoms with E-state index >= 15 is 0 Å². The molecule has 0 fully saturated rings. The van der Waals surface area contributed by atoms with Crippen LogP contribution in [0.25, 0.3) is 11.0 Å². The number of aromatic nitrogens is 3. The molecule has 4 rings (SSSR count). The van der Waals surface area contributed by atoms with Crippen LogP contribution in [0, 0.1) is 17.6 Å². The third-order valence-electron chi connectivity index (χ3n) is 5.32. The van der Waals surface area contributed by atoms with Gasteiger partial charge >= 0.3 is 0 Å². The number of fused-ring (bicyclic) bond motifs is 1. The van der Waals surface area contributed by atoms with Crippen molar-refractivity contribution in [3.8, 4) is 5.75 Å². The Hall–Kier alpha value is -3.81. The second-order valence-electron chi connectivity index (χ2n) is 8.07. The van der Waals surface area contributed by atoms with Crippen LogP contribution in [0.15, 0.2) is 67.1 Å². The summed E-state index contributed by atoms with van der Waals surface area (Å²) in [7, 11) is 0. The topological polar surface area (TPSA) is 69.0 Å². The van der Waals surface area contributed by atoms with Gasteiger partial charge in [-0.05, 0) is 35.7 Å². The van der Waals surface area contributed by atoms with E-state index in [4.69, 9.17) is 4.74 Å². The zero-order valence-corrected chi connectivity index (χ0v) is 18.3. The predicted octanol–water partition coefficient (Wildman–Crippen LogP) is 4.80. The molecule has 0 bridgehead atoms. The summed E-state index contributed by atoms with van der Waals surface area (Å²) in [5, 5.41) is 2.93. The van der Waals surface area contributed by atoms with Gasteiger partial charge in [-0.3, -0.25) is 9.78 Å². The molecule has 1 unspecified atom stereocenters. The van der Waals surface area contributed by atoms with Crippen molar-refractivity contribution in [1.82, 2.24) is 19.9 Å². The van der Waals surface area contributed by atoms with E-state index in [1.54, 1.807) is 10.8 Å². The fourth-order valence-electron chi connectivity index (χ4n) is 3.63. The van der Waals surface area contributed by atoms with Gasteiger partial charge in [0.25, 0.3) is 0 Å². The summed E-state index contributed by atoms with van der Waals surface area (Å²) in [6.07, 6.45) is 3.16. The molecule has 0 spiro atoms. The van der Waals surface area contributed by atoms with E-state index in [0.717, 1.165) is 23.4 Å². The fraction of sp³-hybridized carbons (Fsp3) is 0.240. The molecule has 6 nitrogen and oxygen atoms in total. The first-order chi connectivity index (χ1) is 15.9. The van der Waals surface area contributed by atoms with Crippen LogP contribution >= 0.6 is 0 Å². The van der Waals surface area contributed by atoms with Crippen LogP contribution in [0.5, 0.6) is 5.75 Å². The highest BCUT2D eigenvalue weighted by molar-refractivity contribution is 5.84. The molecule has 0 radical (unpaired) electrons. The Morgan fingerprint density at radius 1 is 1.06 bits per heavy atom. The maximum Gasteiger partial charge on any atom is 0.243 e. The Balaban J connectivity index is 1.41. The minimum atomic E-state index is -0.975. The highest BCUT2D eigenvalue weighted by Crippen LogP contribution is 2.26. The number of amides is 1. The Bertz CT molecular complexity index is 1240. The minimum absolute atomic E-state index is 0.0992. The van der Waals surface area contributed by atoms with E-state index in [-0.39, 0.29) is 11.8 Å². The first-order valence-corrected chi connectivity index (χ1v) is 10.6. The smallest absolute Gasteiger partial charge is 0.243 e. The second-order valence-corrected chi connectivity index (χ2v) is 8.07. The highest BCUT2D eigenvalue weighted by atomic mass is 19.2. The van der Waals surface area contributed by atoms with Gasteiger partial charge in [0.2, 0.25) is 5.91 Å². The van der Waals surface area contributed by atoms with E-state index in [9.17, 15) is 13.6 Å². The summed E-state index contributed by atoms with van der Waals surface area (Å²) in [4.78, 5) is 21.4. The van der Waals surface area contributed by atoms with Gasteiger partial charge in [0.15, 0.2) is 11.6 Å². The van der Waals surface area contributed by atoms with Crippen LogP contribution in [-0.4, -0.2) is 20.4 Å². The molecule has 0 saturated carbocycles. The average molecular weight is 450 g/mol. The largest absolute Gasteiger partial charge is 0.487 e. The van der Waals surface area contributed by atoms with Crippen molar-refractivity contribution in [3.05, 3.63) is 90.0 Å².